The number of aryl methyl sites for hydroxylation is 1. The second-order valence-electron chi connectivity index (χ2n) is 2.91. The molecular formula is C10H10N2O. The summed E-state index contributed by atoms with van der Waals surface area (Å²) in [4.78, 5) is 11.0. The summed E-state index contributed by atoms with van der Waals surface area (Å²) in [6.45, 7) is 3.67. The Kier molecular flexibility index (Phi) is 2.34. The molecule has 0 unspecified atom stereocenters. The molecule has 0 bridgehead atoms. The summed E-state index contributed by atoms with van der Waals surface area (Å²) in [5, 5.41) is 8.72. The van der Waals surface area contributed by atoms with Gasteiger partial charge in [0, 0.05) is 0 Å². The van der Waals surface area contributed by atoms with Gasteiger partial charge in [-0.05, 0) is 31.0 Å². The molecule has 0 atom stereocenters. The predicted octanol–water partition coefficient (Wildman–Crippen LogP) is 1.27. The zero-order valence-electron chi connectivity index (χ0n) is 7.59. The van der Waals surface area contributed by atoms with Crippen LogP contribution < -0.4 is 5.73 Å². The summed E-state index contributed by atoms with van der Waals surface area (Å²) in [5.41, 5.74) is 7.60. The van der Waals surface area contributed by atoms with Gasteiger partial charge in [0.15, 0.2) is 0 Å². The number of nitrogens with two attached hydrogens (primary N) is 1. The van der Waals surface area contributed by atoms with Gasteiger partial charge in [-0.3, -0.25) is 4.79 Å². The molecule has 1 amide bonds. The Morgan fingerprint density at radius 1 is 1.46 bits per heavy atom. The number of carbonyl (C=O) groups is 1. The van der Waals surface area contributed by atoms with Crippen molar-refractivity contribution in [3.63, 3.8) is 0 Å². The predicted molar refractivity (Wildman–Crippen MR) is 49.1 cm³/mol. The highest BCUT2D eigenvalue weighted by molar-refractivity contribution is 5.97. The van der Waals surface area contributed by atoms with Crippen LogP contribution in [0.2, 0.25) is 0 Å². The highest BCUT2D eigenvalue weighted by Gasteiger charge is 2.12. The number of carbonyl (C=O) groups excluding carboxylic acids is 1. The summed E-state index contributed by atoms with van der Waals surface area (Å²) in [5.74, 6) is -0.544. The summed E-state index contributed by atoms with van der Waals surface area (Å²) in [6, 6.07) is 5.36. The number of benzene rings is 1. The van der Waals surface area contributed by atoms with E-state index in [1.165, 1.54) is 0 Å². The van der Waals surface area contributed by atoms with Crippen molar-refractivity contribution in [1.82, 2.24) is 0 Å². The quantitative estimate of drug-likeness (QED) is 0.696. The third kappa shape index (κ3) is 1.52. The second-order valence-corrected chi connectivity index (χ2v) is 2.91. The van der Waals surface area contributed by atoms with Gasteiger partial charge in [-0.25, -0.2) is 0 Å². The Labute approximate surface area is 76.8 Å². The largest absolute Gasteiger partial charge is 0.366 e. The molecule has 0 aliphatic carbocycles. The van der Waals surface area contributed by atoms with E-state index < -0.39 is 5.91 Å². The van der Waals surface area contributed by atoms with Crippen LogP contribution in [0.4, 0.5) is 0 Å². The molecular weight excluding hydrogens is 164 g/mol. The van der Waals surface area contributed by atoms with Gasteiger partial charge in [0.25, 0.3) is 0 Å². The SMILES string of the molecule is Cc1ccc(C#N)c(C(N)=O)c1C. The third-order valence-electron chi connectivity index (χ3n) is 2.10. The standard InChI is InChI=1S/C10H10N2O/c1-6-3-4-8(5-11)9(7(6)2)10(12)13/h3-4H,1-2H3,(H2,12,13). The lowest BCUT2D eigenvalue weighted by molar-refractivity contribution is 0.0999. The second kappa shape index (κ2) is 3.28. The number of nitrogens with zero attached hydrogens (tertiary/aromatic N) is 1. The van der Waals surface area contributed by atoms with E-state index in [1.54, 1.807) is 19.1 Å². The van der Waals surface area contributed by atoms with Crippen molar-refractivity contribution >= 4 is 5.91 Å². The maximum atomic E-state index is 11.0. The topological polar surface area (TPSA) is 66.9 Å². The molecule has 0 aliphatic heterocycles. The molecule has 0 fully saturated rings. The average molecular weight is 174 g/mol. The first kappa shape index (κ1) is 9.27. The smallest absolute Gasteiger partial charge is 0.250 e. The Balaban J connectivity index is 3.53. The zero-order chi connectivity index (χ0) is 10.0. The maximum absolute atomic E-state index is 11.0. The minimum atomic E-state index is -0.544. The molecule has 0 aromatic heterocycles. The van der Waals surface area contributed by atoms with Gasteiger partial charge in [-0.2, -0.15) is 5.26 Å². The molecule has 13 heavy (non-hydrogen) atoms. The summed E-state index contributed by atoms with van der Waals surface area (Å²) >= 11 is 0. The van der Waals surface area contributed by atoms with Crippen LogP contribution in [0.3, 0.4) is 0 Å². The summed E-state index contributed by atoms with van der Waals surface area (Å²) in [6.07, 6.45) is 0. The van der Waals surface area contributed by atoms with Crippen LogP contribution in [0.1, 0.15) is 27.0 Å². The van der Waals surface area contributed by atoms with Gasteiger partial charge < -0.3 is 5.73 Å². The molecule has 3 nitrogen and oxygen atoms in total. The van der Waals surface area contributed by atoms with Crippen molar-refractivity contribution in [1.29, 1.82) is 5.26 Å². The molecule has 0 radical (unpaired) electrons. The Morgan fingerprint density at radius 2 is 2.08 bits per heavy atom. The number of rotatable bonds is 1. The molecule has 0 spiro atoms. The minimum absolute atomic E-state index is 0.336. The van der Waals surface area contributed by atoms with E-state index >= 15 is 0 Å². The van der Waals surface area contributed by atoms with E-state index in [2.05, 4.69) is 0 Å². The van der Waals surface area contributed by atoms with E-state index in [1.807, 2.05) is 13.0 Å². The molecule has 1 rings (SSSR count). The summed E-state index contributed by atoms with van der Waals surface area (Å²) < 4.78 is 0. The first-order valence-electron chi connectivity index (χ1n) is 3.88. The molecule has 0 saturated heterocycles. The van der Waals surface area contributed by atoms with Crippen molar-refractivity contribution in [3.8, 4) is 6.07 Å². The fourth-order valence-electron chi connectivity index (χ4n) is 1.23. The zero-order valence-corrected chi connectivity index (χ0v) is 7.59. The molecule has 1 aromatic rings. The van der Waals surface area contributed by atoms with Crippen molar-refractivity contribution in [3.05, 3.63) is 34.4 Å². The minimum Gasteiger partial charge on any atom is -0.366 e. The van der Waals surface area contributed by atoms with Crippen molar-refractivity contribution in [2.24, 2.45) is 5.73 Å². The van der Waals surface area contributed by atoms with E-state index in [0.717, 1.165) is 11.1 Å². The first-order valence-corrected chi connectivity index (χ1v) is 3.88. The lowest BCUT2D eigenvalue weighted by Crippen LogP contribution is -2.15. The number of primary amides is 1. The van der Waals surface area contributed by atoms with Crippen LogP contribution in [0.25, 0.3) is 0 Å². The number of hydrogen-bond donors (Lipinski definition) is 1. The van der Waals surface area contributed by atoms with E-state index in [0.29, 0.717) is 11.1 Å². The maximum Gasteiger partial charge on any atom is 0.250 e. The molecule has 3 heteroatoms. The molecule has 0 heterocycles. The molecule has 0 aliphatic rings. The van der Waals surface area contributed by atoms with Crippen LogP contribution in [0, 0.1) is 25.2 Å². The number of nitriles is 1. The Hall–Kier alpha value is -1.82. The fraction of sp³-hybridized carbons (Fsp3) is 0.200. The van der Waals surface area contributed by atoms with Gasteiger partial charge in [0.2, 0.25) is 5.91 Å². The van der Waals surface area contributed by atoms with Crippen LogP contribution in [0.5, 0.6) is 0 Å². The van der Waals surface area contributed by atoms with Crippen LogP contribution >= 0.6 is 0 Å². The van der Waals surface area contributed by atoms with Gasteiger partial charge in [-0.15, -0.1) is 0 Å². The Bertz CT molecular complexity index is 402. The first-order chi connectivity index (χ1) is 6.07. The summed E-state index contributed by atoms with van der Waals surface area (Å²) in [7, 11) is 0. The van der Waals surface area contributed by atoms with Crippen LogP contribution in [-0.4, -0.2) is 5.91 Å². The average Bonchev–Trinajstić information content (AvgIpc) is 2.08. The third-order valence-corrected chi connectivity index (χ3v) is 2.10. The Morgan fingerprint density at radius 3 is 2.54 bits per heavy atom. The van der Waals surface area contributed by atoms with Gasteiger partial charge in [0.1, 0.15) is 0 Å². The molecule has 66 valence electrons. The van der Waals surface area contributed by atoms with E-state index in [4.69, 9.17) is 11.0 Å². The number of hydrogen-bond acceptors (Lipinski definition) is 2. The van der Waals surface area contributed by atoms with Crippen LogP contribution in [0.15, 0.2) is 12.1 Å². The monoisotopic (exact) mass is 174 g/mol. The normalized spacial score (nSPS) is 9.31. The highest BCUT2D eigenvalue weighted by Crippen LogP contribution is 2.16. The van der Waals surface area contributed by atoms with Gasteiger partial charge in [0.05, 0.1) is 17.2 Å². The molecule has 1 aromatic carbocycles. The fourth-order valence-corrected chi connectivity index (χ4v) is 1.23. The van der Waals surface area contributed by atoms with Crippen LogP contribution in [-0.2, 0) is 0 Å². The molecule has 2 N–H and O–H groups in total. The van der Waals surface area contributed by atoms with Crippen molar-refractivity contribution in [2.45, 2.75) is 13.8 Å². The van der Waals surface area contributed by atoms with E-state index in [9.17, 15) is 4.79 Å². The lowest BCUT2D eigenvalue weighted by Gasteiger charge is -2.06. The highest BCUT2D eigenvalue weighted by atomic mass is 16.1. The lowest BCUT2D eigenvalue weighted by atomic mass is 9.98. The van der Waals surface area contributed by atoms with Crippen molar-refractivity contribution < 1.29 is 4.79 Å². The van der Waals surface area contributed by atoms with Gasteiger partial charge in [-0.1, -0.05) is 6.07 Å². The van der Waals surface area contributed by atoms with E-state index in [-0.39, 0.29) is 0 Å². The molecule has 0 saturated carbocycles. The van der Waals surface area contributed by atoms with Gasteiger partial charge >= 0.3 is 0 Å². The van der Waals surface area contributed by atoms with Crippen molar-refractivity contribution in [2.75, 3.05) is 0 Å². The number of amides is 1.